The van der Waals surface area contributed by atoms with Gasteiger partial charge in [0, 0.05) is 26.2 Å². The Balaban J connectivity index is 1.78. The number of hydrogen-bond acceptors (Lipinski definition) is 3. The summed E-state index contributed by atoms with van der Waals surface area (Å²) in [5.74, 6) is 0. The van der Waals surface area contributed by atoms with Crippen LogP contribution in [0.5, 0.6) is 0 Å². The minimum atomic E-state index is -0.486. The summed E-state index contributed by atoms with van der Waals surface area (Å²) >= 11 is 0. The van der Waals surface area contributed by atoms with Crippen molar-refractivity contribution in [1.82, 2.24) is 14.0 Å². The van der Waals surface area contributed by atoms with Crippen LogP contribution < -0.4 is 5.69 Å². The lowest BCUT2D eigenvalue weighted by Crippen LogP contribution is -2.43. The third-order valence-electron chi connectivity index (χ3n) is 4.48. The van der Waals surface area contributed by atoms with E-state index in [9.17, 15) is 9.59 Å². The Bertz CT molecular complexity index is 805. The van der Waals surface area contributed by atoms with Crippen LogP contribution in [-0.4, -0.2) is 38.8 Å². The standard InChI is InChI=1S/C18H25N3O3/c1-18(2,3)24-17(23)20-11-9-13(10-12-20)21-15-8-6-5-7-14(15)19(4)16(21)22/h5-8,13H,9-12H2,1-4H3. The lowest BCUT2D eigenvalue weighted by Gasteiger charge is -2.33. The number of benzene rings is 1. The van der Waals surface area contributed by atoms with E-state index >= 15 is 0 Å². The summed E-state index contributed by atoms with van der Waals surface area (Å²) in [5, 5.41) is 0. The number of aryl methyl sites for hydroxylation is 1. The third-order valence-corrected chi connectivity index (χ3v) is 4.48. The Morgan fingerprint density at radius 3 is 2.29 bits per heavy atom. The summed E-state index contributed by atoms with van der Waals surface area (Å²) in [6.07, 6.45) is 1.24. The molecular weight excluding hydrogens is 306 g/mol. The lowest BCUT2D eigenvalue weighted by molar-refractivity contribution is 0.0188. The van der Waals surface area contributed by atoms with Crippen molar-refractivity contribution in [1.29, 1.82) is 0 Å². The summed E-state index contributed by atoms with van der Waals surface area (Å²) in [4.78, 5) is 26.5. The first-order chi connectivity index (χ1) is 11.3. The number of ether oxygens (including phenoxy) is 1. The van der Waals surface area contributed by atoms with Crippen LogP contribution in [-0.2, 0) is 11.8 Å². The van der Waals surface area contributed by atoms with E-state index in [1.807, 2.05) is 49.6 Å². The number of fused-ring (bicyclic) bond motifs is 1. The van der Waals surface area contributed by atoms with Gasteiger partial charge in [-0.05, 0) is 45.7 Å². The lowest BCUT2D eigenvalue weighted by atomic mass is 10.0. The molecule has 1 aromatic heterocycles. The molecule has 6 heteroatoms. The second-order valence-electron chi connectivity index (χ2n) is 7.40. The van der Waals surface area contributed by atoms with Crippen LogP contribution in [0.15, 0.2) is 29.1 Å². The van der Waals surface area contributed by atoms with E-state index in [1.54, 1.807) is 16.5 Å². The van der Waals surface area contributed by atoms with Gasteiger partial charge in [0.15, 0.2) is 0 Å². The van der Waals surface area contributed by atoms with E-state index in [-0.39, 0.29) is 17.8 Å². The first kappa shape index (κ1) is 16.6. The molecule has 0 aliphatic carbocycles. The molecule has 0 atom stereocenters. The molecule has 0 radical (unpaired) electrons. The maximum Gasteiger partial charge on any atom is 0.410 e. The van der Waals surface area contributed by atoms with Crippen molar-refractivity contribution in [3.05, 3.63) is 34.7 Å². The average Bonchev–Trinajstić information content (AvgIpc) is 2.78. The molecule has 1 saturated heterocycles. The first-order valence-electron chi connectivity index (χ1n) is 8.42. The van der Waals surface area contributed by atoms with Crippen LogP contribution in [0.25, 0.3) is 11.0 Å². The van der Waals surface area contributed by atoms with Crippen molar-refractivity contribution in [3.63, 3.8) is 0 Å². The summed E-state index contributed by atoms with van der Waals surface area (Å²) < 4.78 is 9.00. The minimum Gasteiger partial charge on any atom is -0.444 e. The highest BCUT2D eigenvalue weighted by molar-refractivity contribution is 5.76. The molecular formula is C18H25N3O3. The molecule has 24 heavy (non-hydrogen) atoms. The molecule has 6 nitrogen and oxygen atoms in total. The first-order valence-corrected chi connectivity index (χ1v) is 8.42. The van der Waals surface area contributed by atoms with Crippen molar-refractivity contribution in [2.45, 2.75) is 45.3 Å². The molecule has 1 aliphatic rings. The Morgan fingerprint density at radius 2 is 1.71 bits per heavy atom. The molecule has 0 spiro atoms. The predicted molar refractivity (Wildman–Crippen MR) is 93.3 cm³/mol. The van der Waals surface area contributed by atoms with Gasteiger partial charge in [-0.2, -0.15) is 0 Å². The van der Waals surface area contributed by atoms with Crippen LogP contribution in [0, 0.1) is 0 Å². The van der Waals surface area contributed by atoms with E-state index in [1.165, 1.54) is 0 Å². The Labute approximate surface area is 141 Å². The number of carbonyl (C=O) groups is 1. The third kappa shape index (κ3) is 3.05. The zero-order valence-electron chi connectivity index (χ0n) is 14.8. The second kappa shape index (κ2) is 6.00. The number of likely N-dealkylation sites (tertiary alicyclic amines) is 1. The number of nitrogens with zero attached hydrogens (tertiary/aromatic N) is 3. The number of carbonyl (C=O) groups excluding carboxylic acids is 1. The molecule has 0 N–H and O–H groups in total. The maximum atomic E-state index is 12.6. The highest BCUT2D eigenvalue weighted by Crippen LogP contribution is 2.26. The Morgan fingerprint density at radius 1 is 1.12 bits per heavy atom. The maximum absolute atomic E-state index is 12.6. The van der Waals surface area contributed by atoms with Crippen molar-refractivity contribution < 1.29 is 9.53 Å². The molecule has 130 valence electrons. The van der Waals surface area contributed by atoms with Gasteiger partial charge in [-0.25, -0.2) is 9.59 Å². The number of piperidine rings is 1. The van der Waals surface area contributed by atoms with Crippen molar-refractivity contribution in [2.24, 2.45) is 7.05 Å². The molecule has 0 bridgehead atoms. The summed E-state index contributed by atoms with van der Waals surface area (Å²) in [6, 6.07) is 7.95. The number of aromatic nitrogens is 2. The quantitative estimate of drug-likeness (QED) is 0.807. The topological polar surface area (TPSA) is 56.5 Å². The van der Waals surface area contributed by atoms with Crippen molar-refractivity contribution in [2.75, 3.05) is 13.1 Å². The zero-order chi connectivity index (χ0) is 17.5. The normalized spacial score (nSPS) is 16.6. The molecule has 2 aromatic rings. The fourth-order valence-corrected chi connectivity index (χ4v) is 3.31. The summed E-state index contributed by atoms with van der Waals surface area (Å²) in [5.41, 5.74) is 1.42. The highest BCUT2D eigenvalue weighted by atomic mass is 16.6. The average molecular weight is 331 g/mol. The van der Waals surface area contributed by atoms with Crippen LogP contribution in [0.1, 0.15) is 39.7 Å². The number of rotatable bonds is 1. The van der Waals surface area contributed by atoms with E-state index in [0.717, 1.165) is 23.9 Å². The number of amides is 1. The van der Waals surface area contributed by atoms with E-state index < -0.39 is 5.60 Å². The van der Waals surface area contributed by atoms with Gasteiger partial charge >= 0.3 is 11.8 Å². The predicted octanol–water partition coefficient (Wildman–Crippen LogP) is 2.91. The zero-order valence-corrected chi connectivity index (χ0v) is 14.8. The SMILES string of the molecule is Cn1c(=O)n(C2CCN(C(=O)OC(C)(C)C)CC2)c2ccccc21. The van der Waals surface area contributed by atoms with Crippen LogP contribution in [0.3, 0.4) is 0 Å². The Kier molecular flexibility index (Phi) is 4.15. The van der Waals surface area contributed by atoms with Crippen LogP contribution in [0.4, 0.5) is 4.79 Å². The van der Waals surface area contributed by atoms with Gasteiger partial charge in [-0.1, -0.05) is 12.1 Å². The van der Waals surface area contributed by atoms with Gasteiger partial charge in [0.25, 0.3) is 0 Å². The monoisotopic (exact) mass is 331 g/mol. The number of imidazole rings is 1. The van der Waals surface area contributed by atoms with Crippen molar-refractivity contribution in [3.8, 4) is 0 Å². The molecule has 3 rings (SSSR count). The van der Waals surface area contributed by atoms with Gasteiger partial charge < -0.3 is 9.64 Å². The second-order valence-corrected chi connectivity index (χ2v) is 7.40. The molecule has 0 saturated carbocycles. The summed E-state index contributed by atoms with van der Waals surface area (Å²) in [7, 11) is 1.80. The van der Waals surface area contributed by atoms with Crippen LogP contribution >= 0.6 is 0 Å². The molecule has 2 heterocycles. The fraction of sp³-hybridized carbons (Fsp3) is 0.556. The highest BCUT2D eigenvalue weighted by Gasteiger charge is 2.29. The van der Waals surface area contributed by atoms with Crippen LogP contribution in [0.2, 0.25) is 0 Å². The van der Waals surface area contributed by atoms with Gasteiger partial charge in [0.05, 0.1) is 11.0 Å². The summed E-state index contributed by atoms with van der Waals surface area (Å²) in [6.45, 7) is 6.82. The van der Waals surface area contributed by atoms with Crippen molar-refractivity contribution >= 4 is 17.1 Å². The smallest absolute Gasteiger partial charge is 0.410 e. The largest absolute Gasteiger partial charge is 0.444 e. The van der Waals surface area contributed by atoms with Gasteiger partial charge in [-0.3, -0.25) is 9.13 Å². The minimum absolute atomic E-state index is 0.00641. The van der Waals surface area contributed by atoms with E-state index in [2.05, 4.69) is 0 Å². The Hall–Kier alpha value is -2.24. The van der Waals surface area contributed by atoms with E-state index in [0.29, 0.717) is 13.1 Å². The fourth-order valence-electron chi connectivity index (χ4n) is 3.31. The molecule has 1 aliphatic heterocycles. The van der Waals surface area contributed by atoms with Gasteiger partial charge in [0.2, 0.25) is 0 Å². The van der Waals surface area contributed by atoms with Gasteiger partial charge in [0.1, 0.15) is 5.60 Å². The number of para-hydroxylation sites is 2. The molecule has 1 aromatic carbocycles. The molecule has 0 unspecified atom stereocenters. The van der Waals surface area contributed by atoms with E-state index in [4.69, 9.17) is 4.74 Å². The molecule has 1 amide bonds. The number of hydrogen-bond donors (Lipinski definition) is 0. The molecule has 1 fully saturated rings. The van der Waals surface area contributed by atoms with Gasteiger partial charge in [-0.15, -0.1) is 0 Å².